The van der Waals surface area contributed by atoms with Crippen LogP contribution in [0, 0.1) is 5.92 Å². The Morgan fingerprint density at radius 2 is 2.23 bits per heavy atom. The predicted molar refractivity (Wildman–Crippen MR) is 83.7 cm³/mol. The summed E-state index contributed by atoms with van der Waals surface area (Å²) in [6.07, 6.45) is 6.10. The van der Waals surface area contributed by atoms with Gasteiger partial charge in [0.1, 0.15) is 0 Å². The molecule has 2 aliphatic rings. The quantitative estimate of drug-likeness (QED) is 0.835. The van der Waals surface area contributed by atoms with Crippen molar-refractivity contribution in [3.63, 3.8) is 0 Å². The van der Waals surface area contributed by atoms with Crippen molar-refractivity contribution in [1.82, 2.24) is 14.3 Å². The maximum Gasteiger partial charge on any atom is 0.228 e. The van der Waals surface area contributed by atoms with E-state index in [0.29, 0.717) is 12.5 Å². The molecule has 3 heterocycles. The molecule has 0 bridgehead atoms. The molecule has 1 amide bonds. The van der Waals surface area contributed by atoms with Crippen LogP contribution in [0.4, 0.5) is 0 Å². The third-order valence-corrected chi connectivity index (χ3v) is 6.85. The van der Waals surface area contributed by atoms with Crippen molar-refractivity contribution in [3.05, 3.63) is 23.5 Å². The number of thiazole rings is 1. The molecule has 0 aromatic carbocycles. The molecule has 1 saturated heterocycles. The second-order valence-corrected chi connectivity index (χ2v) is 9.21. The third kappa shape index (κ3) is 2.65. The summed E-state index contributed by atoms with van der Waals surface area (Å²) in [6, 6.07) is -0.130. The number of carbonyl (C=O) groups is 1. The van der Waals surface area contributed by atoms with Gasteiger partial charge in [0.05, 0.1) is 23.6 Å². The summed E-state index contributed by atoms with van der Waals surface area (Å²) in [5.41, 5.74) is 0.750. The number of rotatable bonds is 3. The van der Waals surface area contributed by atoms with Crippen molar-refractivity contribution >= 4 is 32.0 Å². The van der Waals surface area contributed by atoms with Crippen molar-refractivity contribution < 1.29 is 13.2 Å². The molecular formula is C14H17N3O3S2. The van der Waals surface area contributed by atoms with Gasteiger partial charge in [0.2, 0.25) is 5.91 Å². The van der Waals surface area contributed by atoms with E-state index < -0.39 is 9.84 Å². The highest BCUT2D eigenvalue weighted by atomic mass is 32.2. The summed E-state index contributed by atoms with van der Waals surface area (Å²) in [7, 11) is -3.00. The van der Waals surface area contributed by atoms with Crippen LogP contribution in [0.2, 0.25) is 0 Å². The smallest absolute Gasteiger partial charge is 0.228 e. The van der Waals surface area contributed by atoms with Gasteiger partial charge in [-0.1, -0.05) is 0 Å². The summed E-state index contributed by atoms with van der Waals surface area (Å²) < 4.78 is 25.6. The molecule has 0 N–H and O–H groups in total. The number of hydrogen-bond acceptors (Lipinski definition) is 5. The fraction of sp³-hybridized carbons (Fsp3) is 0.571. The molecule has 2 aromatic rings. The molecule has 118 valence electrons. The summed E-state index contributed by atoms with van der Waals surface area (Å²) in [6.45, 7) is 0.324. The first-order chi connectivity index (χ1) is 10.5. The monoisotopic (exact) mass is 339 g/mol. The Kier molecular flexibility index (Phi) is 3.26. The van der Waals surface area contributed by atoms with Crippen molar-refractivity contribution in [2.75, 3.05) is 18.1 Å². The Hall–Kier alpha value is -1.41. The second kappa shape index (κ2) is 5.06. The van der Waals surface area contributed by atoms with Crippen LogP contribution in [0.15, 0.2) is 17.8 Å². The molecule has 6 nitrogen and oxygen atoms in total. The van der Waals surface area contributed by atoms with Crippen LogP contribution in [0.25, 0.3) is 4.96 Å². The molecule has 2 fully saturated rings. The molecule has 0 radical (unpaired) electrons. The van der Waals surface area contributed by atoms with E-state index in [9.17, 15) is 13.2 Å². The first kappa shape index (κ1) is 14.2. The minimum Gasteiger partial charge on any atom is -0.337 e. The number of imidazole rings is 1. The topological polar surface area (TPSA) is 71.8 Å². The Labute approximate surface area is 132 Å². The largest absolute Gasteiger partial charge is 0.337 e. The van der Waals surface area contributed by atoms with E-state index in [1.807, 2.05) is 22.2 Å². The zero-order valence-corrected chi connectivity index (χ0v) is 13.6. The zero-order chi connectivity index (χ0) is 15.3. The standard InChI is InChI=1S/C14H17N3O3S2/c18-13(7-11-8-16-3-5-21-14(16)15-11)17-4-6-22(19,20)9-12(17)10-1-2-10/h3,5,8,10,12H,1-2,4,6-7,9H2. The second-order valence-electron chi connectivity index (χ2n) is 6.11. The number of sulfone groups is 1. The van der Waals surface area contributed by atoms with Gasteiger partial charge in [0.15, 0.2) is 14.8 Å². The number of aromatic nitrogens is 2. The predicted octanol–water partition coefficient (Wildman–Crippen LogP) is 0.974. The Bertz CT molecular complexity index is 791. The van der Waals surface area contributed by atoms with Gasteiger partial charge < -0.3 is 4.90 Å². The van der Waals surface area contributed by atoms with Crippen LogP contribution in [0.1, 0.15) is 18.5 Å². The molecule has 4 rings (SSSR count). The lowest BCUT2D eigenvalue weighted by atomic mass is 10.1. The highest BCUT2D eigenvalue weighted by Gasteiger charge is 2.42. The molecule has 1 unspecified atom stereocenters. The third-order valence-electron chi connectivity index (χ3n) is 4.43. The van der Waals surface area contributed by atoms with Crippen LogP contribution in [0.3, 0.4) is 0 Å². The fourth-order valence-corrected chi connectivity index (χ4v) is 5.47. The maximum atomic E-state index is 12.6. The molecule has 0 spiro atoms. The minimum absolute atomic E-state index is 0.00227. The number of amides is 1. The Morgan fingerprint density at radius 3 is 2.95 bits per heavy atom. The molecule has 8 heteroatoms. The SMILES string of the molecule is O=C(Cc1cn2ccsc2n1)N1CCS(=O)(=O)CC1C1CC1. The van der Waals surface area contributed by atoms with Crippen LogP contribution < -0.4 is 0 Å². The van der Waals surface area contributed by atoms with Crippen LogP contribution in [-0.2, 0) is 21.1 Å². The van der Waals surface area contributed by atoms with E-state index in [0.717, 1.165) is 23.5 Å². The Morgan fingerprint density at radius 1 is 1.41 bits per heavy atom. The van der Waals surface area contributed by atoms with E-state index >= 15 is 0 Å². The molecular weight excluding hydrogens is 322 g/mol. The maximum absolute atomic E-state index is 12.6. The van der Waals surface area contributed by atoms with E-state index in [2.05, 4.69) is 4.98 Å². The van der Waals surface area contributed by atoms with Gasteiger partial charge >= 0.3 is 0 Å². The lowest BCUT2D eigenvalue weighted by molar-refractivity contribution is -0.132. The molecule has 1 aliphatic carbocycles. The first-order valence-electron chi connectivity index (χ1n) is 7.43. The van der Waals surface area contributed by atoms with Gasteiger partial charge in [-0.25, -0.2) is 13.4 Å². The Balaban J connectivity index is 1.52. The van der Waals surface area contributed by atoms with Crippen molar-refractivity contribution in [2.45, 2.75) is 25.3 Å². The number of fused-ring (bicyclic) bond motifs is 1. The molecule has 1 saturated carbocycles. The lowest BCUT2D eigenvalue weighted by Gasteiger charge is -2.35. The number of hydrogen-bond donors (Lipinski definition) is 0. The lowest BCUT2D eigenvalue weighted by Crippen LogP contribution is -2.52. The van der Waals surface area contributed by atoms with Gasteiger partial charge in [0, 0.05) is 30.4 Å². The van der Waals surface area contributed by atoms with E-state index in [1.54, 1.807) is 4.90 Å². The summed E-state index contributed by atoms with van der Waals surface area (Å²) >= 11 is 1.53. The highest BCUT2D eigenvalue weighted by Crippen LogP contribution is 2.37. The van der Waals surface area contributed by atoms with Gasteiger partial charge in [-0.05, 0) is 18.8 Å². The van der Waals surface area contributed by atoms with Gasteiger partial charge in [-0.15, -0.1) is 11.3 Å². The van der Waals surface area contributed by atoms with Gasteiger partial charge in [-0.3, -0.25) is 9.20 Å². The van der Waals surface area contributed by atoms with Gasteiger partial charge in [-0.2, -0.15) is 0 Å². The molecule has 1 aliphatic heterocycles. The van der Waals surface area contributed by atoms with Crippen LogP contribution in [0.5, 0.6) is 0 Å². The first-order valence-corrected chi connectivity index (χ1v) is 10.1. The summed E-state index contributed by atoms with van der Waals surface area (Å²) in [5, 5.41) is 1.95. The van der Waals surface area contributed by atoms with Crippen LogP contribution >= 0.6 is 11.3 Å². The highest BCUT2D eigenvalue weighted by molar-refractivity contribution is 7.91. The van der Waals surface area contributed by atoms with Crippen molar-refractivity contribution in [3.8, 4) is 0 Å². The van der Waals surface area contributed by atoms with Gasteiger partial charge in [0.25, 0.3) is 0 Å². The molecule has 1 atom stereocenters. The average Bonchev–Trinajstić information content (AvgIpc) is 3.09. The average molecular weight is 339 g/mol. The van der Waals surface area contributed by atoms with E-state index in [-0.39, 0.29) is 29.9 Å². The number of nitrogens with zero attached hydrogens (tertiary/aromatic N) is 3. The normalized spacial score (nSPS) is 24.7. The van der Waals surface area contributed by atoms with E-state index in [4.69, 9.17) is 0 Å². The van der Waals surface area contributed by atoms with Crippen molar-refractivity contribution in [1.29, 1.82) is 0 Å². The zero-order valence-electron chi connectivity index (χ0n) is 12.0. The van der Waals surface area contributed by atoms with Crippen LogP contribution in [-0.4, -0.2) is 52.7 Å². The van der Waals surface area contributed by atoms with Crippen molar-refractivity contribution in [2.24, 2.45) is 5.92 Å². The summed E-state index contributed by atoms with van der Waals surface area (Å²) in [4.78, 5) is 19.7. The summed E-state index contributed by atoms with van der Waals surface area (Å²) in [5.74, 6) is 0.573. The fourth-order valence-electron chi connectivity index (χ4n) is 3.14. The minimum atomic E-state index is -3.00. The number of carbonyl (C=O) groups excluding carboxylic acids is 1. The molecule has 22 heavy (non-hydrogen) atoms. The molecule has 2 aromatic heterocycles. The van der Waals surface area contributed by atoms with E-state index in [1.165, 1.54) is 11.3 Å².